The van der Waals surface area contributed by atoms with Gasteiger partial charge in [-0.25, -0.2) is 0 Å². The van der Waals surface area contributed by atoms with Gasteiger partial charge in [-0.1, -0.05) is 26.0 Å². The van der Waals surface area contributed by atoms with E-state index < -0.39 is 0 Å². The van der Waals surface area contributed by atoms with E-state index in [0.717, 1.165) is 5.56 Å². The van der Waals surface area contributed by atoms with Crippen molar-refractivity contribution in [2.75, 3.05) is 6.61 Å². The van der Waals surface area contributed by atoms with E-state index in [9.17, 15) is 4.79 Å². The zero-order valence-electron chi connectivity index (χ0n) is 11.6. The van der Waals surface area contributed by atoms with Crippen LogP contribution in [0.5, 0.6) is 11.6 Å². The molecule has 2 rings (SSSR count). The second-order valence-corrected chi connectivity index (χ2v) is 4.84. The van der Waals surface area contributed by atoms with Gasteiger partial charge in [-0.15, -0.1) is 0 Å². The molecule has 1 aromatic heterocycles. The molecule has 0 aliphatic heterocycles. The molecule has 2 aromatic rings. The van der Waals surface area contributed by atoms with E-state index in [1.54, 1.807) is 12.1 Å². The summed E-state index contributed by atoms with van der Waals surface area (Å²) in [5, 5.41) is 8.86. The largest absolute Gasteiger partial charge is 0.439 e. The van der Waals surface area contributed by atoms with Gasteiger partial charge in [-0.05, 0) is 24.1 Å². The third kappa shape index (κ3) is 3.68. The fourth-order valence-corrected chi connectivity index (χ4v) is 1.75. The first-order valence-corrected chi connectivity index (χ1v) is 6.57. The highest BCUT2D eigenvalue weighted by Gasteiger charge is 2.07. The van der Waals surface area contributed by atoms with Crippen LogP contribution >= 0.6 is 0 Å². The monoisotopic (exact) mass is 274 g/mol. The van der Waals surface area contributed by atoms with Crippen LogP contribution in [0.3, 0.4) is 0 Å². The summed E-state index contributed by atoms with van der Waals surface area (Å²) in [6, 6.07) is 8.67. The third-order valence-electron chi connectivity index (χ3n) is 2.83. The van der Waals surface area contributed by atoms with Gasteiger partial charge in [-0.3, -0.25) is 4.79 Å². The molecule has 0 saturated carbocycles. The average molecular weight is 274 g/mol. The first-order chi connectivity index (χ1) is 9.58. The predicted molar refractivity (Wildman–Crippen MR) is 76.3 cm³/mol. The first-order valence-electron chi connectivity index (χ1n) is 6.57. The molecule has 0 aliphatic carbocycles. The predicted octanol–water partition coefficient (Wildman–Crippen LogP) is 2.22. The van der Waals surface area contributed by atoms with Crippen LogP contribution in [0.4, 0.5) is 0 Å². The van der Waals surface area contributed by atoms with Crippen LogP contribution < -0.4 is 10.3 Å². The normalized spacial score (nSPS) is 10.8. The lowest BCUT2D eigenvalue weighted by molar-refractivity contribution is 0.299. The van der Waals surface area contributed by atoms with E-state index in [2.05, 4.69) is 9.97 Å². The highest BCUT2D eigenvalue weighted by Crippen LogP contribution is 2.20. The van der Waals surface area contributed by atoms with Crippen molar-refractivity contribution < 1.29 is 9.84 Å². The van der Waals surface area contributed by atoms with Gasteiger partial charge in [0.2, 0.25) is 5.88 Å². The second kappa shape index (κ2) is 6.34. The van der Waals surface area contributed by atoms with Crippen molar-refractivity contribution >= 4 is 0 Å². The van der Waals surface area contributed by atoms with Crippen LogP contribution in [0, 0.1) is 0 Å². The van der Waals surface area contributed by atoms with Gasteiger partial charge in [0.05, 0.1) is 6.07 Å². The number of nitrogens with one attached hydrogen (secondary N) is 1. The highest BCUT2D eigenvalue weighted by molar-refractivity contribution is 5.30. The molecule has 0 atom stereocenters. The van der Waals surface area contributed by atoms with E-state index in [1.807, 2.05) is 26.0 Å². The van der Waals surface area contributed by atoms with Crippen LogP contribution in [-0.2, 0) is 6.42 Å². The maximum atomic E-state index is 11.5. The first kappa shape index (κ1) is 14.3. The quantitative estimate of drug-likeness (QED) is 0.876. The second-order valence-electron chi connectivity index (χ2n) is 4.84. The van der Waals surface area contributed by atoms with Crippen LogP contribution in [-0.4, -0.2) is 21.7 Å². The molecule has 0 fully saturated rings. The fraction of sp³-hybridized carbons (Fsp3) is 0.333. The molecule has 0 amide bonds. The number of rotatable bonds is 5. The summed E-state index contributed by atoms with van der Waals surface area (Å²) in [5.41, 5.74) is 0.803. The zero-order chi connectivity index (χ0) is 14.5. The molecule has 1 heterocycles. The van der Waals surface area contributed by atoms with Gasteiger partial charge >= 0.3 is 0 Å². The molecule has 0 spiro atoms. The molecule has 1 aromatic carbocycles. The Kier molecular flexibility index (Phi) is 4.53. The molecule has 0 saturated heterocycles. The number of hydrogen-bond acceptors (Lipinski definition) is 4. The summed E-state index contributed by atoms with van der Waals surface area (Å²) in [5.74, 6) is 1.62. The lowest BCUT2D eigenvalue weighted by atomic mass is 10.1. The Morgan fingerprint density at radius 2 is 2.00 bits per heavy atom. The van der Waals surface area contributed by atoms with E-state index >= 15 is 0 Å². The Morgan fingerprint density at radius 1 is 1.30 bits per heavy atom. The van der Waals surface area contributed by atoms with Crippen molar-refractivity contribution in [2.24, 2.45) is 0 Å². The molecule has 2 N–H and O–H groups in total. The molecule has 106 valence electrons. The number of aromatic nitrogens is 2. The minimum Gasteiger partial charge on any atom is -0.439 e. The lowest BCUT2D eigenvalue weighted by Gasteiger charge is -2.08. The zero-order valence-corrected chi connectivity index (χ0v) is 11.6. The van der Waals surface area contributed by atoms with Gasteiger partial charge in [0, 0.05) is 12.5 Å². The number of hydrogen-bond donors (Lipinski definition) is 2. The highest BCUT2D eigenvalue weighted by atomic mass is 16.5. The summed E-state index contributed by atoms with van der Waals surface area (Å²) < 4.78 is 5.59. The topological polar surface area (TPSA) is 75.2 Å². The molecule has 0 radical (unpaired) electrons. The Morgan fingerprint density at radius 3 is 2.60 bits per heavy atom. The van der Waals surface area contributed by atoms with Gasteiger partial charge in [0.15, 0.2) is 0 Å². The van der Waals surface area contributed by atoms with Crippen LogP contribution in [0.15, 0.2) is 35.1 Å². The van der Waals surface area contributed by atoms with Crippen molar-refractivity contribution in [2.45, 2.75) is 26.2 Å². The molecule has 5 nitrogen and oxygen atoms in total. The molecule has 0 unspecified atom stereocenters. The van der Waals surface area contributed by atoms with Crippen molar-refractivity contribution in [3.8, 4) is 11.6 Å². The van der Waals surface area contributed by atoms with Gasteiger partial charge in [0.1, 0.15) is 11.6 Å². The standard InChI is InChI=1S/C15H18N2O3/c1-10(2)15-16-13(19)9-14(17-15)20-12-5-3-11(4-6-12)7-8-18/h3-6,9-10,18H,7-8H2,1-2H3,(H,16,17,19). The number of aliphatic hydroxyl groups is 1. The Balaban J connectivity index is 2.19. The molecule has 0 aliphatic rings. The number of nitrogens with zero attached hydrogens (tertiary/aromatic N) is 1. The Labute approximate surface area is 117 Å². The molecule has 0 bridgehead atoms. The summed E-state index contributed by atoms with van der Waals surface area (Å²) in [4.78, 5) is 18.5. The lowest BCUT2D eigenvalue weighted by Crippen LogP contribution is -2.11. The smallest absolute Gasteiger partial charge is 0.254 e. The minimum atomic E-state index is -0.226. The number of benzene rings is 1. The summed E-state index contributed by atoms with van der Waals surface area (Å²) >= 11 is 0. The van der Waals surface area contributed by atoms with Crippen LogP contribution in [0.1, 0.15) is 31.2 Å². The minimum absolute atomic E-state index is 0.119. The van der Waals surface area contributed by atoms with Crippen molar-refractivity contribution in [3.05, 3.63) is 52.1 Å². The maximum Gasteiger partial charge on any atom is 0.254 e. The van der Waals surface area contributed by atoms with Crippen LogP contribution in [0.25, 0.3) is 0 Å². The third-order valence-corrected chi connectivity index (χ3v) is 2.83. The van der Waals surface area contributed by atoms with E-state index in [4.69, 9.17) is 9.84 Å². The Bertz CT molecular complexity index is 618. The SMILES string of the molecule is CC(C)c1nc(Oc2ccc(CCO)cc2)cc(=O)[nH]1. The van der Waals surface area contributed by atoms with Crippen molar-refractivity contribution in [1.29, 1.82) is 0 Å². The van der Waals surface area contributed by atoms with Gasteiger partial charge < -0.3 is 14.8 Å². The van der Waals surface area contributed by atoms with Crippen LogP contribution in [0.2, 0.25) is 0 Å². The fourth-order valence-electron chi connectivity index (χ4n) is 1.75. The summed E-state index contributed by atoms with van der Waals surface area (Å²) in [6.45, 7) is 4.02. The molecule has 20 heavy (non-hydrogen) atoms. The molecular formula is C15H18N2O3. The summed E-state index contributed by atoms with van der Waals surface area (Å²) in [6.07, 6.45) is 0.612. The van der Waals surface area contributed by atoms with E-state index in [-0.39, 0.29) is 24.0 Å². The van der Waals surface area contributed by atoms with Crippen molar-refractivity contribution in [1.82, 2.24) is 9.97 Å². The Hall–Kier alpha value is -2.14. The molecular weight excluding hydrogens is 256 g/mol. The van der Waals surface area contributed by atoms with Gasteiger partial charge in [-0.2, -0.15) is 4.98 Å². The maximum absolute atomic E-state index is 11.5. The van der Waals surface area contributed by atoms with E-state index in [1.165, 1.54) is 6.07 Å². The summed E-state index contributed by atoms with van der Waals surface area (Å²) in [7, 11) is 0. The van der Waals surface area contributed by atoms with Crippen molar-refractivity contribution in [3.63, 3.8) is 0 Å². The van der Waals surface area contributed by atoms with Gasteiger partial charge in [0.25, 0.3) is 5.56 Å². The number of ether oxygens (including phenoxy) is 1. The van der Waals surface area contributed by atoms with E-state index in [0.29, 0.717) is 18.0 Å². The number of H-pyrrole nitrogens is 1. The molecule has 5 heteroatoms. The number of aromatic amines is 1. The number of aliphatic hydroxyl groups excluding tert-OH is 1. The average Bonchev–Trinajstić information content (AvgIpc) is 2.40.